The normalized spacial score (nSPS) is 24.8. The molecule has 0 spiro atoms. The van der Waals surface area contributed by atoms with Crippen molar-refractivity contribution in [1.82, 2.24) is 10.6 Å². The van der Waals surface area contributed by atoms with Crippen molar-refractivity contribution in [2.75, 3.05) is 13.6 Å². The van der Waals surface area contributed by atoms with Crippen molar-refractivity contribution in [3.05, 3.63) is 0 Å². The Morgan fingerprint density at radius 1 is 1.55 bits per heavy atom. The summed E-state index contributed by atoms with van der Waals surface area (Å²) >= 11 is 0. The minimum Gasteiger partial charge on any atom is -0.315 e. The average Bonchev–Trinajstić information content (AvgIpc) is 1.84. The number of hydrogen-bond donors (Lipinski definition) is 2. The van der Waals surface area contributed by atoms with Crippen LogP contribution in [0.4, 0.5) is 0 Å². The van der Waals surface area contributed by atoms with Crippen molar-refractivity contribution in [3.8, 4) is 0 Å². The summed E-state index contributed by atoms with van der Waals surface area (Å²) in [5, 5.41) is 6.73. The highest BCUT2D eigenvalue weighted by Gasteiger charge is 2.20. The van der Waals surface area contributed by atoms with E-state index in [1.165, 1.54) is 25.8 Å². The van der Waals surface area contributed by atoms with Gasteiger partial charge in [-0.25, -0.2) is 0 Å². The quantitative estimate of drug-likeness (QED) is 0.637. The fourth-order valence-electron chi connectivity index (χ4n) is 1.25. The third-order valence-electron chi connectivity index (χ3n) is 2.72. The molecule has 0 bridgehead atoms. The average molecular weight is 156 g/mol. The number of hydrogen-bond acceptors (Lipinski definition) is 2. The highest BCUT2D eigenvalue weighted by molar-refractivity contribution is 4.83. The lowest BCUT2D eigenvalue weighted by Crippen LogP contribution is -2.45. The summed E-state index contributed by atoms with van der Waals surface area (Å²) in [6.45, 7) is 5.74. The summed E-state index contributed by atoms with van der Waals surface area (Å²) in [5.41, 5.74) is 0.317. The molecule has 2 heteroatoms. The molecule has 1 aliphatic heterocycles. The first kappa shape index (κ1) is 9.01. The van der Waals surface area contributed by atoms with E-state index in [0.717, 1.165) is 6.04 Å². The highest BCUT2D eigenvalue weighted by atomic mass is 15.0. The van der Waals surface area contributed by atoms with Crippen LogP contribution >= 0.6 is 0 Å². The van der Waals surface area contributed by atoms with Gasteiger partial charge in [0.25, 0.3) is 0 Å². The summed E-state index contributed by atoms with van der Waals surface area (Å²) in [6, 6.07) is 0.808. The van der Waals surface area contributed by atoms with Gasteiger partial charge in [-0.05, 0) is 46.7 Å². The molecule has 0 radical (unpaired) electrons. The molecule has 1 unspecified atom stereocenters. The summed E-state index contributed by atoms with van der Waals surface area (Å²) in [4.78, 5) is 0. The van der Waals surface area contributed by atoms with Gasteiger partial charge in [0.05, 0.1) is 0 Å². The molecule has 1 fully saturated rings. The van der Waals surface area contributed by atoms with E-state index in [-0.39, 0.29) is 0 Å². The van der Waals surface area contributed by atoms with E-state index in [9.17, 15) is 0 Å². The van der Waals surface area contributed by atoms with Crippen LogP contribution < -0.4 is 10.6 Å². The van der Waals surface area contributed by atoms with E-state index in [1.54, 1.807) is 0 Å². The second kappa shape index (κ2) is 3.55. The lowest BCUT2D eigenvalue weighted by atomic mass is 9.92. The predicted octanol–water partition coefficient (Wildman–Crippen LogP) is 1.13. The molecule has 1 heterocycles. The van der Waals surface area contributed by atoms with E-state index in [2.05, 4.69) is 24.5 Å². The maximum absolute atomic E-state index is 3.41. The lowest BCUT2D eigenvalue weighted by Gasteiger charge is -2.32. The van der Waals surface area contributed by atoms with Gasteiger partial charge < -0.3 is 10.6 Å². The van der Waals surface area contributed by atoms with Gasteiger partial charge in [0.2, 0.25) is 0 Å². The Hall–Kier alpha value is -0.0800. The van der Waals surface area contributed by atoms with Crippen molar-refractivity contribution in [1.29, 1.82) is 0 Å². The van der Waals surface area contributed by atoms with Gasteiger partial charge in [-0.3, -0.25) is 0 Å². The molecule has 0 aromatic heterocycles. The first-order valence-electron chi connectivity index (χ1n) is 4.56. The van der Waals surface area contributed by atoms with Crippen molar-refractivity contribution in [2.24, 2.45) is 0 Å². The van der Waals surface area contributed by atoms with Crippen LogP contribution in [0.2, 0.25) is 0 Å². The maximum Gasteiger partial charge on any atom is 0.0122 e. The molecule has 0 saturated carbocycles. The smallest absolute Gasteiger partial charge is 0.0122 e. The van der Waals surface area contributed by atoms with Crippen LogP contribution in [0, 0.1) is 0 Å². The SMILES string of the molecule is CNC(C)(C)CCC1CCN1. The van der Waals surface area contributed by atoms with Gasteiger partial charge in [0.15, 0.2) is 0 Å². The van der Waals surface area contributed by atoms with Crippen LogP contribution in [0.5, 0.6) is 0 Å². The van der Waals surface area contributed by atoms with Gasteiger partial charge in [-0.15, -0.1) is 0 Å². The van der Waals surface area contributed by atoms with E-state index in [1.807, 2.05) is 7.05 Å². The second-order valence-electron chi connectivity index (χ2n) is 4.11. The molecule has 1 saturated heterocycles. The van der Waals surface area contributed by atoms with Crippen LogP contribution in [0.1, 0.15) is 33.1 Å². The van der Waals surface area contributed by atoms with E-state index in [4.69, 9.17) is 0 Å². The molecule has 0 aromatic carbocycles. The summed E-state index contributed by atoms with van der Waals surface area (Å²) in [6.07, 6.45) is 3.95. The number of nitrogens with one attached hydrogen (secondary N) is 2. The fourth-order valence-corrected chi connectivity index (χ4v) is 1.25. The zero-order valence-corrected chi connectivity index (χ0v) is 7.91. The standard InChI is InChI=1S/C9H20N2/c1-9(2,10-3)6-4-8-5-7-11-8/h8,10-11H,4-7H2,1-3H3. The van der Waals surface area contributed by atoms with Gasteiger partial charge in [0, 0.05) is 11.6 Å². The topological polar surface area (TPSA) is 24.1 Å². The van der Waals surface area contributed by atoms with Gasteiger partial charge in [-0.1, -0.05) is 0 Å². The monoisotopic (exact) mass is 156 g/mol. The Morgan fingerprint density at radius 2 is 2.18 bits per heavy atom. The zero-order valence-electron chi connectivity index (χ0n) is 7.91. The van der Waals surface area contributed by atoms with Crippen LogP contribution in [0.25, 0.3) is 0 Å². The first-order valence-corrected chi connectivity index (χ1v) is 4.56. The molecule has 2 nitrogen and oxygen atoms in total. The highest BCUT2D eigenvalue weighted by Crippen LogP contribution is 2.16. The molecule has 2 N–H and O–H groups in total. The molecule has 66 valence electrons. The van der Waals surface area contributed by atoms with E-state index >= 15 is 0 Å². The largest absolute Gasteiger partial charge is 0.315 e. The van der Waals surface area contributed by atoms with Crippen LogP contribution in [-0.2, 0) is 0 Å². The molecular weight excluding hydrogens is 136 g/mol. The van der Waals surface area contributed by atoms with E-state index < -0.39 is 0 Å². The third kappa shape index (κ3) is 2.80. The molecule has 1 atom stereocenters. The minimum absolute atomic E-state index is 0.317. The van der Waals surface area contributed by atoms with Crippen LogP contribution in [0.3, 0.4) is 0 Å². The Balaban J connectivity index is 2.09. The molecule has 1 aliphatic rings. The van der Waals surface area contributed by atoms with Crippen LogP contribution in [-0.4, -0.2) is 25.2 Å². The summed E-state index contributed by atoms with van der Waals surface area (Å²) in [5.74, 6) is 0. The Labute approximate surface area is 69.8 Å². The van der Waals surface area contributed by atoms with E-state index in [0.29, 0.717) is 5.54 Å². The Morgan fingerprint density at radius 3 is 2.55 bits per heavy atom. The maximum atomic E-state index is 3.41. The Kier molecular flexibility index (Phi) is 2.90. The molecule has 11 heavy (non-hydrogen) atoms. The third-order valence-corrected chi connectivity index (χ3v) is 2.72. The molecule has 0 aromatic rings. The van der Waals surface area contributed by atoms with Crippen molar-refractivity contribution in [3.63, 3.8) is 0 Å². The van der Waals surface area contributed by atoms with Crippen LogP contribution in [0.15, 0.2) is 0 Å². The predicted molar refractivity (Wildman–Crippen MR) is 48.8 cm³/mol. The summed E-state index contributed by atoms with van der Waals surface area (Å²) < 4.78 is 0. The van der Waals surface area contributed by atoms with Crippen molar-refractivity contribution < 1.29 is 0 Å². The minimum atomic E-state index is 0.317. The Bertz CT molecular complexity index is 117. The second-order valence-corrected chi connectivity index (χ2v) is 4.11. The summed E-state index contributed by atoms with van der Waals surface area (Å²) in [7, 11) is 2.04. The van der Waals surface area contributed by atoms with Gasteiger partial charge in [0.1, 0.15) is 0 Å². The molecule has 0 aliphatic carbocycles. The molecular formula is C9H20N2. The number of rotatable bonds is 4. The zero-order chi connectivity index (χ0) is 8.32. The first-order chi connectivity index (χ1) is 5.14. The molecule has 1 rings (SSSR count). The fraction of sp³-hybridized carbons (Fsp3) is 1.00. The molecule has 0 amide bonds. The lowest BCUT2D eigenvalue weighted by molar-refractivity contribution is 0.293. The van der Waals surface area contributed by atoms with Crippen molar-refractivity contribution in [2.45, 2.75) is 44.7 Å². The van der Waals surface area contributed by atoms with Gasteiger partial charge in [-0.2, -0.15) is 0 Å². The van der Waals surface area contributed by atoms with Crippen molar-refractivity contribution >= 4 is 0 Å². The van der Waals surface area contributed by atoms with Gasteiger partial charge >= 0.3 is 0 Å².